The van der Waals surface area contributed by atoms with Crippen molar-refractivity contribution in [2.24, 2.45) is 11.7 Å². The normalized spacial score (nSPS) is 29.8. The van der Waals surface area contributed by atoms with Gasteiger partial charge in [0.15, 0.2) is 0 Å². The Hall–Kier alpha value is -0.560. The maximum Gasteiger partial charge on any atom is 0.00390 e. The molecule has 1 nitrogen and oxygen atoms in total. The predicted molar refractivity (Wildman–Crippen MR) is 63.1 cm³/mol. The first-order valence-corrected chi connectivity index (χ1v) is 5.76. The quantitative estimate of drug-likeness (QED) is 0.683. The smallest absolute Gasteiger partial charge is 0.00390 e. The van der Waals surface area contributed by atoms with E-state index >= 15 is 0 Å². The standard InChI is InChI=1S/C13H23N/c1-3-4-5-11(2)10-12-6-8-13(14)9-7-12/h3-5,12-13H,6-10,14H2,1-2H3/b4-3-,11-5+. The second-order valence-corrected chi connectivity index (χ2v) is 4.52. The first-order chi connectivity index (χ1) is 6.72. The van der Waals surface area contributed by atoms with Crippen LogP contribution in [0.5, 0.6) is 0 Å². The molecule has 1 aliphatic rings. The maximum atomic E-state index is 5.88. The minimum atomic E-state index is 0.478. The lowest BCUT2D eigenvalue weighted by Crippen LogP contribution is -2.26. The van der Waals surface area contributed by atoms with Crippen molar-refractivity contribution in [2.45, 2.75) is 52.0 Å². The second-order valence-electron chi connectivity index (χ2n) is 4.52. The van der Waals surface area contributed by atoms with E-state index in [0.29, 0.717) is 6.04 Å². The van der Waals surface area contributed by atoms with Crippen LogP contribution in [0, 0.1) is 5.92 Å². The summed E-state index contributed by atoms with van der Waals surface area (Å²) in [4.78, 5) is 0. The Labute approximate surface area is 88.1 Å². The summed E-state index contributed by atoms with van der Waals surface area (Å²) in [5, 5.41) is 0. The van der Waals surface area contributed by atoms with Crippen LogP contribution in [-0.4, -0.2) is 6.04 Å². The molecule has 0 aliphatic heterocycles. The van der Waals surface area contributed by atoms with Crippen LogP contribution in [0.2, 0.25) is 0 Å². The highest BCUT2D eigenvalue weighted by atomic mass is 14.6. The van der Waals surface area contributed by atoms with E-state index in [0.717, 1.165) is 5.92 Å². The molecule has 0 spiro atoms. The summed E-state index contributed by atoms with van der Waals surface area (Å²) in [6.45, 7) is 4.29. The van der Waals surface area contributed by atoms with Gasteiger partial charge in [0.1, 0.15) is 0 Å². The highest BCUT2D eigenvalue weighted by molar-refractivity contribution is 5.10. The fourth-order valence-corrected chi connectivity index (χ4v) is 2.18. The molecule has 0 radical (unpaired) electrons. The fraction of sp³-hybridized carbons (Fsp3) is 0.692. The first kappa shape index (κ1) is 11.5. The molecule has 80 valence electrons. The number of allylic oxidation sites excluding steroid dienone is 4. The third-order valence-electron chi connectivity index (χ3n) is 3.08. The Bertz CT molecular complexity index is 207. The zero-order valence-corrected chi connectivity index (χ0v) is 9.50. The number of nitrogens with two attached hydrogens (primary N) is 1. The molecule has 1 rings (SSSR count). The number of hydrogen-bond acceptors (Lipinski definition) is 1. The van der Waals surface area contributed by atoms with E-state index in [1.54, 1.807) is 0 Å². The molecule has 0 amide bonds. The highest BCUT2D eigenvalue weighted by Gasteiger charge is 2.18. The SMILES string of the molecule is C/C=C\C=C(/C)CC1CCC(N)CC1. The van der Waals surface area contributed by atoms with E-state index in [-0.39, 0.29) is 0 Å². The van der Waals surface area contributed by atoms with Crippen LogP contribution in [0.25, 0.3) is 0 Å². The molecule has 0 unspecified atom stereocenters. The van der Waals surface area contributed by atoms with Crippen molar-refractivity contribution in [1.82, 2.24) is 0 Å². The molecule has 0 aromatic heterocycles. The van der Waals surface area contributed by atoms with Crippen molar-refractivity contribution < 1.29 is 0 Å². The van der Waals surface area contributed by atoms with Crippen LogP contribution in [0.3, 0.4) is 0 Å². The number of rotatable bonds is 3. The molecule has 14 heavy (non-hydrogen) atoms. The van der Waals surface area contributed by atoms with Crippen LogP contribution in [-0.2, 0) is 0 Å². The van der Waals surface area contributed by atoms with Crippen LogP contribution in [0.4, 0.5) is 0 Å². The van der Waals surface area contributed by atoms with E-state index in [1.165, 1.54) is 37.7 Å². The van der Waals surface area contributed by atoms with Crippen molar-refractivity contribution in [3.8, 4) is 0 Å². The molecule has 1 fully saturated rings. The molecule has 0 aromatic rings. The van der Waals surface area contributed by atoms with Gasteiger partial charge in [0.2, 0.25) is 0 Å². The molecule has 0 bridgehead atoms. The lowest BCUT2D eigenvalue weighted by molar-refractivity contribution is 0.324. The summed E-state index contributed by atoms with van der Waals surface area (Å²) < 4.78 is 0. The second kappa shape index (κ2) is 6.02. The van der Waals surface area contributed by atoms with Crippen molar-refractivity contribution in [1.29, 1.82) is 0 Å². The van der Waals surface area contributed by atoms with Crippen molar-refractivity contribution in [3.05, 3.63) is 23.8 Å². The fourth-order valence-electron chi connectivity index (χ4n) is 2.18. The van der Waals surface area contributed by atoms with Crippen molar-refractivity contribution in [3.63, 3.8) is 0 Å². The predicted octanol–water partition coefficient (Wildman–Crippen LogP) is 3.42. The largest absolute Gasteiger partial charge is 0.328 e. The van der Waals surface area contributed by atoms with Gasteiger partial charge in [-0.1, -0.05) is 23.8 Å². The van der Waals surface area contributed by atoms with Crippen LogP contribution < -0.4 is 5.73 Å². The summed E-state index contributed by atoms with van der Waals surface area (Å²) in [7, 11) is 0. The lowest BCUT2D eigenvalue weighted by atomic mass is 9.83. The van der Waals surface area contributed by atoms with E-state index in [4.69, 9.17) is 5.73 Å². The molecule has 0 atom stereocenters. The third kappa shape index (κ3) is 4.10. The highest BCUT2D eigenvalue weighted by Crippen LogP contribution is 2.28. The van der Waals surface area contributed by atoms with Gasteiger partial charge in [-0.25, -0.2) is 0 Å². The molecule has 1 heteroatoms. The molecular formula is C13H23N. The minimum Gasteiger partial charge on any atom is -0.328 e. The zero-order valence-electron chi connectivity index (χ0n) is 9.50. The average Bonchev–Trinajstić information content (AvgIpc) is 2.18. The zero-order chi connectivity index (χ0) is 10.4. The van der Waals surface area contributed by atoms with Gasteiger partial charge in [0.25, 0.3) is 0 Å². The lowest BCUT2D eigenvalue weighted by Gasteiger charge is -2.26. The molecule has 0 saturated heterocycles. The minimum absolute atomic E-state index is 0.478. The molecule has 2 N–H and O–H groups in total. The van der Waals surface area contributed by atoms with E-state index < -0.39 is 0 Å². The topological polar surface area (TPSA) is 26.0 Å². The van der Waals surface area contributed by atoms with Gasteiger partial charge in [0.05, 0.1) is 0 Å². The molecular weight excluding hydrogens is 170 g/mol. The van der Waals surface area contributed by atoms with E-state index in [1.807, 2.05) is 0 Å². The first-order valence-electron chi connectivity index (χ1n) is 5.76. The van der Waals surface area contributed by atoms with Crippen LogP contribution in [0.1, 0.15) is 46.0 Å². The van der Waals surface area contributed by atoms with Crippen LogP contribution >= 0.6 is 0 Å². The van der Waals surface area contributed by atoms with Gasteiger partial charge in [0, 0.05) is 6.04 Å². The summed E-state index contributed by atoms with van der Waals surface area (Å²) in [6.07, 6.45) is 12.8. The molecule has 1 aliphatic carbocycles. The monoisotopic (exact) mass is 193 g/mol. The molecule has 0 aromatic carbocycles. The Morgan fingerprint density at radius 1 is 1.29 bits per heavy atom. The van der Waals surface area contributed by atoms with Crippen molar-refractivity contribution in [2.75, 3.05) is 0 Å². The molecule has 0 heterocycles. The van der Waals surface area contributed by atoms with Crippen LogP contribution in [0.15, 0.2) is 23.8 Å². The van der Waals surface area contributed by atoms with Gasteiger partial charge < -0.3 is 5.73 Å². The van der Waals surface area contributed by atoms with Gasteiger partial charge in [-0.15, -0.1) is 0 Å². The van der Waals surface area contributed by atoms with Gasteiger partial charge >= 0.3 is 0 Å². The average molecular weight is 193 g/mol. The third-order valence-corrected chi connectivity index (χ3v) is 3.08. The van der Waals surface area contributed by atoms with E-state index in [9.17, 15) is 0 Å². The van der Waals surface area contributed by atoms with Gasteiger partial charge in [-0.3, -0.25) is 0 Å². The Morgan fingerprint density at radius 2 is 1.93 bits per heavy atom. The maximum absolute atomic E-state index is 5.88. The summed E-state index contributed by atoms with van der Waals surface area (Å²) >= 11 is 0. The Balaban J connectivity index is 2.30. The summed E-state index contributed by atoms with van der Waals surface area (Å²) in [6, 6.07) is 0.478. The summed E-state index contributed by atoms with van der Waals surface area (Å²) in [5.41, 5.74) is 7.39. The van der Waals surface area contributed by atoms with E-state index in [2.05, 4.69) is 32.1 Å². The summed E-state index contributed by atoms with van der Waals surface area (Å²) in [5.74, 6) is 0.885. The van der Waals surface area contributed by atoms with Gasteiger partial charge in [-0.2, -0.15) is 0 Å². The Kier molecular flexibility index (Phi) is 4.95. The Morgan fingerprint density at radius 3 is 2.50 bits per heavy atom. The number of hydrogen-bond donors (Lipinski definition) is 1. The van der Waals surface area contributed by atoms with Gasteiger partial charge in [-0.05, 0) is 51.9 Å². The van der Waals surface area contributed by atoms with Crippen molar-refractivity contribution >= 4 is 0 Å². The molecule has 1 saturated carbocycles.